The van der Waals surface area contributed by atoms with E-state index in [2.05, 4.69) is 10.3 Å². The van der Waals surface area contributed by atoms with E-state index in [0.29, 0.717) is 13.0 Å². The fourth-order valence-corrected chi connectivity index (χ4v) is 4.07. The largest absolute Gasteiger partial charge is 0.340 e. The van der Waals surface area contributed by atoms with Crippen LogP contribution in [0.3, 0.4) is 0 Å². The van der Waals surface area contributed by atoms with Crippen molar-refractivity contribution in [3.63, 3.8) is 0 Å². The van der Waals surface area contributed by atoms with Gasteiger partial charge in [0, 0.05) is 11.1 Å². The van der Waals surface area contributed by atoms with Gasteiger partial charge in [-0.3, -0.25) is 14.6 Å². The van der Waals surface area contributed by atoms with Crippen LogP contribution in [0.2, 0.25) is 0 Å². The van der Waals surface area contributed by atoms with Crippen LogP contribution < -0.4 is 5.32 Å². The van der Waals surface area contributed by atoms with Gasteiger partial charge in [-0.05, 0) is 19.3 Å². The van der Waals surface area contributed by atoms with Crippen molar-refractivity contribution in [2.75, 3.05) is 0 Å². The van der Waals surface area contributed by atoms with E-state index in [1.54, 1.807) is 16.6 Å². The third kappa shape index (κ3) is 2.57. The smallest absolute Gasteiger partial charge is 0.249 e. The SMILES string of the molecule is CCCC1C(=O)NC2(CCCC2)C(=O)N1Cc1cncs1. The number of thiazole rings is 1. The Kier molecular flexibility index (Phi) is 3.97. The molecule has 2 fully saturated rings. The molecule has 1 spiro atoms. The summed E-state index contributed by atoms with van der Waals surface area (Å²) in [4.78, 5) is 32.4. The molecule has 1 atom stereocenters. The molecular weight excluding hydrogens is 286 g/mol. The summed E-state index contributed by atoms with van der Waals surface area (Å²) in [6.07, 6.45) is 6.96. The van der Waals surface area contributed by atoms with E-state index in [1.807, 2.05) is 6.92 Å². The monoisotopic (exact) mass is 307 g/mol. The van der Waals surface area contributed by atoms with E-state index in [9.17, 15) is 9.59 Å². The molecule has 114 valence electrons. The third-order valence-corrected chi connectivity index (χ3v) is 5.30. The molecule has 2 aliphatic rings. The molecule has 5 nitrogen and oxygen atoms in total. The van der Waals surface area contributed by atoms with Crippen molar-refractivity contribution in [2.45, 2.75) is 63.6 Å². The molecule has 1 aliphatic carbocycles. The maximum absolute atomic E-state index is 13.0. The van der Waals surface area contributed by atoms with Crippen LogP contribution in [0.5, 0.6) is 0 Å². The van der Waals surface area contributed by atoms with Gasteiger partial charge in [-0.25, -0.2) is 0 Å². The summed E-state index contributed by atoms with van der Waals surface area (Å²) in [6.45, 7) is 2.55. The first-order valence-electron chi connectivity index (χ1n) is 7.67. The minimum absolute atomic E-state index is 0.0165. The average Bonchev–Trinajstić information content (AvgIpc) is 3.12. The number of hydrogen-bond acceptors (Lipinski definition) is 4. The topological polar surface area (TPSA) is 62.3 Å². The van der Waals surface area contributed by atoms with Gasteiger partial charge in [-0.2, -0.15) is 0 Å². The Bertz CT molecular complexity index is 523. The number of nitrogens with one attached hydrogen (secondary N) is 1. The highest BCUT2D eigenvalue weighted by Gasteiger charge is 2.51. The zero-order valence-electron chi connectivity index (χ0n) is 12.3. The van der Waals surface area contributed by atoms with Crippen LogP contribution in [-0.2, 0) is 16.1 Å². The Balaban J connectivity index is 1.88. The van der Waals surface area contributed by atoms with E-state index < -0.39 is 5.54 Å². The summed E-state index contributed by atoms with van der Waals surface area (Å²) in [6, 6.07) is -0.337. The zero-order chi connectivity index (χ0) is 14.9. The van der Waals surface area contributed by atoms with Crippen LogP contribution in [-0.4, -0.2) is 33.3 Å². The highest BCUT2D eigenvalue weighted by Crippen LogP contribution is 2.36. The summed E-state index contributed by atoms with van der Waals surface area (Å²) in [7, 11) is 0. The Labute approximate surface area is 128 Å². The molecule has 0 aromatic carbocycles. The lowest BCUT2D eigenvalue weighted by atomic mass is 9.89. The Morgan fingerprint density at radius 2 is 2.19 bits per heavy atom. The van der Waals surface area contributed by atoms with Crippen molar-refractivity contribution in [3.8, 4) is 0 Å². The zero-order valence-corrected chi connectivity index (χ0v) is 13.1. The molecule has 1 N–H and O–H groups in total. The van der Waals surface area contributed by atoms with Crippen molar-refractivity contribution in [1.29, 1.82) is 0 Å². The summed E-state index contributed by atoms with van der Waals surface area (Å²) in [5, 5.41) is 3.04. The summed E-state index contributed by atoms with van der Waals surface area (Å²) in [5.41, 5.74) is 1.13. The van der Waals surface area contributed by atoms with Gasteiger partial charge in [0.25, 0.3) is 0 Å². The number of carbonyl (C=O) groups excluding carboxylic acids is 2. The van der Waals surface area contributed by atoms with Crippen molar-refractivity contribution in [1.82, 2.24) is 15.2 Å². The first-order chi connectivity index (χ1) is 10.2. The quantitative estimate of drug-likeness (QED) is 0.926. The molecule has 0 bridgehead atoms. The molecule has 1 saturated heterocycles. The second kappa shape index (κ2) is 5.75. The van der Waals surface area contributed by atoms with Gasteiger partial charge >= 0.3 is 0 Å². The second-order valence-corrected chi connectivity index (χ2v) is 6.95. The molecule has 1 aromatic rings. The minimum Gasteiger partial charge on any atom is -0.340 e. The predicted molar refractivity (Wildman–Crippen MR) is 80.7 cm³/mol. The molecule has 2 heterocycles. The number of hydrogen-bond donors (Lipinski definition) is 1. The second-order valence-electron chi connectivity index (χ2n) is 5.98. The number of rotatable bonds is 4. The fraction of sp³-hybridized carbons (Fsp3) is 0.667. The van der Waals surface area contributed by atoms with Gasteiger partial charge in [0.15, 0.2) is 0 Å². The van der Waals surface area contributed by atoms with Gasteiger partial charge in [0.1, 0.15) is 11.6 Å². The van der Waals surface area contributed by atoms with Crippen molar-refractivity contribution < 1.29 is 9.59 Å². The molecule has 1 aromatic heterocycles. The van der Waals surface area contributed by atoms with Crippen LogP contribution in [0, 0.1) is 0 Å². The number of amides is 2. The molecule has 1 aliphatic heterocycles. The van der Waals surface area contributed by atoms with Crippen LogP contribution in [0.1, 0.15) is 50.3 Å². The van der Waals surface area contributed by atoms with Crippen molar-refractivity contribution in [3.05, 3.63) is 16.6 Å². The molecule has 1 saturated carbocycles. The molecule has 0 radical (unpaired) electrons. The van der Waals surface area contributed by atoms with Crippen LogP contribution in [0.25, 0.3) is 0 Å². The van der Waals surface area contributed by atoms with Gasteiger partial charge < -0.3 is 10.2 Å². The molecule has 3 rings (SSSR count). The van der Waals surface area contributed by atoms with Crippen molar-refractivity contribution in [2.24, 2.45) is 0 Å². The van der Waals surface area contributed by atoms with E-state index in [4.69, 9.17) is 0 Å². The maximum atomic E-state index is 13.0. The lowest BCUT2D eigenvalue weighted by Crippen LogP contribution is -2.69. The highest BCUT2D eigenvalue weighted by atomic mass is 32.1. The van der Waals surface area contributed by atoms with Crippen molar-refractivity contribution >= 4 is 23.2 Å². The molecule has 1 unspecified atom stereocenters. The Morgan fingerprint density at radius 1 is 1.43 bits per heavy atom. The van der Waals surface area contributed by atoms with Crippen LogP contribution in [0.4, 0.5) is 0 Å². The summed E-state index contributed by atoms with van der Waals surface area (Å²) < 4.78 is 0. The highest BCUT2D eigenvalue weighted by molar-refractivity contribution is 7.09. The van der Waals surface area contributed by atoms with Crippen LogP contribution in [0.15, 0.2) is 11.7 Å². The van der Waals surface area contributed by atoms with Gasteiger partial charge in [-0.15, -0.1) is 11.3 Å². The Morgan fingerprint density at radius 3 is 2.81 bits per heavy atom. The fourth-order valence-electron chi connectivity index (χ4n) is 3.48. The number of aromatic nitrogens is 1. The third-order valence-electron chi connectivity index (χ3n) is 4.54. The standard InChI is InChI=1S/C15H21N3O2S/c1-2-5-12-13(19)17-15(6-3-4-7-15)14(20)18(12)9-11-8-16-10-21-11/h8,10,12H,2-7,9H2,1H3,(H,17,19). The van der Waals surface area contributed by atoms with E-state index in [1.165, 1.54) is 11.3 Å². The average molecular weight is 307 g/mol. The van der Waals surface area contributed by atoms with E-state index in [0.717, 1.165) is 37.0 Å². The first-order valence-corrected chi connectivity index (χ1v) is 8.55. The van der Waals surface area contributed by atoms with Gasteiger partial charge in [0.2, 0.25) is 11.8 Å². The molecule has 6 heteroatoms. The number of carbonyl (C=O) groups is 2. The molecule has 21 heavy (non-hydrogen) atoms. The normalized spacial score (nSPS) is 24.6. The lowest BCUT2D eigenvalue weighted by Gasteiger charge is -2.44. The summed E-state index contributed by atoms with van der Waals surface area (Å²) in [5.74, 6) is 0.120. The predicted octanol–water partition coefficient (Wildman–Crippen LogP) is 2.08. The van der Waals surface area contributed by atoms with Gasteiger partial charge in [-0.1, -0.05) is 26.2 Å². The number of nitrogens with zero attached hydrogens (tertiary/aromatic N) is 2. The van der Waals surface area contributed by atoms with E-state index >= 15 is 0 Å². The Hall–Kier alpha value is -1.43. The lowest BCUT2D eigenvalue weighted by molar-refractivity contribution is -0.155. The minimum atomic E-state index is -0.633. The maximum Gasteiger partial charge on any atom is 0.249 e. The first kappa shape index (κ1) is 14.5. The van der Waals surface area contributed by atoms with E-state index in [-0.39, 0.29) is 17.9 Å². The summed E-state index contributed by atoms with van der Waals surface area (Å²) >= 11 is 1.53. The molecular formula is C15H21N3O2S. The molecule has 2 amide bonds. The van der Waals surface area contributed by atoms with Gasteiger partial charge in [0.05, 0.1) is 12.1 Å². The number of piperazine rings is 1. The van der Waals surface area contributed by atoms with Crippen LogP contribution >= 0.6 is 11.3 Å².